The van der Waals surface area contributed by atoms with Crippen molar-refractivity contribution >= 4 is 93.1 Å². The molecule has 2 rings (SSSR count). The molecule has 0 saturated carbocycles. The van der Waals surface area contributed by atoms with E-state index in [9.17, 15) is 0 Å². The molecule has 0 aliphatic carbocycles. The fraction of sp³-hybridized carbons (Fsp3) is 0. The maximum absolute atomic E-state index is 6.24. The van der Waals surface area contributed by atoms with Gasteiger partial charge in [-0.2, -0.15) is 0 Å². The van der Waals surface area contributed by atoms with Crippen molar-refractivity contribution in [2.75, 3.05) is 0 Å². The number of thioether (sulfide) groups is 2. The van der Waals surface area contributed by atoms with Crippen LogP contribution in [0.15, 0.2) is 77.1 Å². The Morgan fingerprint density at radius 1 is 0.542 bits per heavy atom. The summed E-state index contributed by atoms with van der Waals surface area (Å²) in [6, 6.07) is 14.4. The van der Waals surface area contributed by atoms with Crippen molar-refractivity contribution in [3.63, 3.8) is 0 Å². The Labute approximate surface area is 179 Å². The van der Waals surface area contributed by atoms with E-state index in [1.165, 1.54) is 23.5 Å². The third-order valence-electron chi connectivity index (χ3n) is 2.58. The molecule has 126 valence electrons. The molecule has 0 atom stereocenters. The molecule has 0 amide bonds. The Balaban J connectivity index is 2.16. The molecule has 0 aromatic heterocycles. The van der Waals surface area contributed by atoms with Crippen molar-refractivity contribution in [3.8, 4) is 0 Å². The number of benzene rings is 2. The fourth-order valence-corrected chi connectivity index (χ4v) is 4.42. The predicted octanol–water partition coefficient (Wildman–Crippen LogP) is 9.17. The zero-order valence-electron chi connectivity index (χ0n) is 11.7. The fourth-order valence-electron chi connectivity index (χ4n) is 1.47. The number of hydrogen-bond donors (Lipinski definition) is 0. The second-order valence-electron chi connectivity index (χ2n) is 4.29. The van der Waals surface area contributed by atoms with Gasteiger partial charge in [0.1, 0.15) is 0 Å². The smallest absolute Gasteiger partial charge is 0.0843 e. The second-order valence-corrected chi connectivity index (χ2v) is 9.29. The standard InChI is InChI=1S/C16H8Cl6S2/c17-9-1-5-11(6-2-9)23-15(21)13(19)14(20)16(22)24-12-7-3-10(18)4-8-12/h1-8H/b15-13-,16-14-. The summed E-state index contributed by atoms with van der Waals surface area (Å²) < 4.78 is 0.637. The van der Waals surface area contributed by atoms with Gasteiger partial charge in [-0.25, -0.2) is 0 Å². The second kappa shape index (κ2) is 9.89. The number of halogens is 6. The highest BCUT2D eigenvalue weighted by molar-refractivity contribution is 8.05. The van der Waals surface area contributed by atoms with Crippen LogP contribution in [-0.4, -0.2) is 0 Å². The average molecular weight is 477 g/mol. The molecule has 0 nitrogen and oxygen atoms in total. The summed E-state index contributed by atoms with van der Waals surface area (Å²) >= 11 is 39.2. The van der Waals surface area contributed by atoms with E-state index in [1.54, 1.807) is 24.3 Å². The van der Waals surface area contributed by atoms with Crippen molar-refractivity contribution in [2.24, 2.45) is 0 Å². The molecule has 0 unspecified atom stereocenters. The molecule has 0 saturated heterocycles. The van der Waals surface area contributed by atoms with Gasteiger partial charge in [0.2, 0.25) is 0 Å². The molecule has 0 bridgehead atoms. The van der Waals surface area contributed by atoms with Gasteiger partial charge < -0.3 is 0 Å². The highest BCUT2D eigenvalue weighted by atomic mass is 35.5. The van der Waals surface area contributed by atoms with Crippen LogP contribution in [0, 0.1) is 0 Å². The van der Waals surface area contributed by atoms with E-state index >= 15 is 0 Å². The maximum atomic E-state index is 6.24. The SMILES string of the molecule is Cl/C(Sc1ccc(Cl)cc1)=C(Cl)\C(Cl)=C(/Cl)Sc1ccc(Cl)cc1. The normalized spacial score (nSPS) is 13.4. The van der Waals surface area contributed by atoms with Gasteiger partial charge in [0.25, 0.3) is 0 Å². The molecule has 0 heterocycles. The van der Waals surface area contributed by atoms with E-state index in [4.69, 9.17) is 69.6 Å². The number of hydrogen-bond acceptors (Lipinski definition) is 2. The van der Waals surface area contributed by atoms with E-state index in [-0.39, 0.29) is 10.1 Å². The summed E-state index contributed by atoms with van der Waals surface area (Å²) in [6.07, 6.45) is 0. The van der Waals surface area contributed by atoms with Crippen molar-refractivity contribution < 1.29 is 0 Å². The summed E-state index contributed by atoms with van der Waals surface area (Å²) in [4.78, 5) is 1.77. The minimum atomic E-state index is 0.185. The van der Waals surface area contributed by atoms with E-state index < -0.39 is 0 Å². The Kier molecular flexibility index (Phi) is 8.52. The van der Waals surface area contributed by atoms with Crippen LogP contribution in [0.5, 0.6) is 0 Å². The largest absolute Gasteiger partial charge is 0.0985 e. The first-order valence-corrected chi connectivity index (χ1v) is 10.2. The summed E-state index contributed by atoms with van der Waals surface area (Å²) in [5.41, 5.74) is 0. The van der Waals surface area contributed by atoms with Crippen LogP contribution in [0.2, 0.25) is 10.0 Å². The first-order valence-electron chi connectivity index (χ1n) is 6.34. The van der Waals surface area contributed by atoms with E-state index in [2.05, 4.69) is 0 Å². The molecule has 0 fully saturated rings. The molecule has 0 aliphatic heterocycles. The summed E-state index contributed by atoms with van der Waals surface area (Å²) in [7, 11) is 0. The Morgan fingerprint density at radius 3 is 1.12 bits per heavy atom. The molecule has 2 aromatic rings. The summed E-state index contributed by atoms with van der Waals surface area (Å²) in [5, 5.41) is 1.66. The highest BCUT2D eigenvalue weighted by Gasteiger charge is 2.13. The summed E-state index contributed by atoms with van der Waals surface area (Å²) in [5.74, 6) is 0. The molecule has 0 N–H and O–H groups in total. The van der Waals surface area contributed by atoms with Gasteiger partial charge in [-0.3, -0.25) is 0 Å². The predicted molar refractivity (Wildman–Crippen MR) is 112 cm³/mol. The molecule has 0 radical (unpaired) electrons. The quantitative estimate of drug-likeness (QED) is 0.311. The van der Waals surface area contributed by atoms with Gasteiger partial charge in [0.05, 0.1) is 18.8 Å². The Bertz CT molecular complexity index is 699. The van der Waals surface area contributed by atoms with Crippen LogP contribution in [0.25, 0.3) is 0 Å². The van der Waals surface area contributed by atoms with Gasteiger partial charge in [-0.05, 0) is 48.5 Å². The molecule has 8 heteroatoms. The van der Waals surface area contributed by atoms with Crippen LogP contribution in [0.3, 0.4) is 0 Å². The average Bonchev–Trinajstić information content (AvgIpc) is 2.57. The molecule has 24 heavy (non-hydrogen) atoms. The van der Waals surface area contributed by atoms with Crippen LogP contribution >= 0.6 is 93.1 Å². The first kappa shape index (κ1) is 20.7. The van der Waals surface area contributed by atoms with Crippen LogP contribution in [0.4, 0.5) is 0 Å². The van der Waals surface area contributed by atoms with Gasteiger partial charge >= 0.3 is 0 Å². The molecular formula is C16H8Cl6S2. The minimum Gasteiger partial charge on any atom is -0.0843 e. The molecular weight excluding hydrogens is 469 g/mol. The number of rotatable bonds is 5. The third-order valence-corrected chi connectivity index (χ3v) is 6.98. The Hall–Kier alpha value is 0.360. The van der Waals surface area contributed by atoms with Gasteiger partial charge in [0, 0.05) is 19.8 Å². The minimum absolute atomic E-state index is 0.185. The van der Waals surface area contributed by atoms with Crippen LogP contribution in [0.1, 0.15) is 0 Å². The van der Waals surface area contributed by atoms with Crippen molar-refractivity contribution in [1.82, 2.24) is 0 Å². The van der Waals surface area contributed by atoms with Crippen LogP contribution in [-0.2, 0) is 0 Å². The molecule has 2 aromatic carbocycles. The lowest BCUT2D eigenvalue weighted by atomic mass is 10.4. The number of allylic oxidation sites excluding steroid dienone is 2. The van der Waals surface area contributed by atoms with Gasteiger partial charge in [-0.15, -0.1) is 0 Å². The lowest BCUT2D eigenvalue weighted by Gasteiger charge is -2.06. The zero-order valence-corrected chi connectivity index (χ0v) is 17.9. The van der Waals surface area contributed by atoms with E-state index in [0.29, 0.717) is 18.8 Å². The lowest BCUT2D eigenvalue weighted by Crippen LogP contribution is -1.81. The monoisotopic (exact) mass is 474 g/mol. The first-order chi connectivity index (χ1) is 11.4. The topological polar surface area (TPSA) is 0 Å². The third kappa shape index (κ3) is 6.26. The lowest BCUT2D eigenvalue weighted by molar-refractivity contribution is 1.47. The van der Waals surface area contributed by atoms with Crippen molar-refractivity contribution in [1.29, 1.82) is 0 Å². The van der Waals surface area contributed by atoms with Gasteiger partial charge in [-0.1, -0.05) is 93.1 Å². The van der Waals surface area contributed by atoms with Crippen molar-refractivity contribution in [3.05, 3.63) is 77.4 Å². The van der Waals surface area contributed by atoms with Gasteiger partial charge in [0.15, 0.2) is 0 Å². The van der Waals surface area contributed by atoms with E-state index in [0.717, 1.165) is 9.79 Å². The van der Waals surface area contributed by atoms with Crippen LogP contribution < -0.4 is 0 Å². The highest BCUT2D eigenvalue weighted by Crippen LogP contribution is 2.42. The van der Waals surface area contributed by atoms with E-state index in [1.807, 2.05) is 24.3 Å². The zero-order chi connectivity index (χ0) is 17.7. The Morgan fingerprint density at radius 2 is 0.833 bits per heavy atom. The molecule has 0 aliphatic rings. The summed E-state index contributed by atoms with van der Waals surface area (Å²) in [6.45, 7) is 0. The maximum Gasteiger partial charge on any atom is 0.0985 e. The molecule has 0 spiro atoms. The van der Waals surface area contributed by atoms with Crippen molar-refractivity contribution in [2.45, 2.75) is 9.79 Å².